The summed E-state index contributed by atoms with van der Waals surface area (Å²) in [5, 5.41) is 5.29. The fourth-order valence-corrected chi connectivity index (χ4v) is 4.40. The van der Waals surface area contributed by atoms with E-state index in [0.717, 1.165) is 6.42 Å². The molecule has 0 nitrogen and oxygen atoms in total. The molecule has 3 heteroatoms. The van der Waals surface area contributed by atoms with E-state index < -0.39 is 20.8 Å². The van der Waals surface area contributed by atoms with Gasteiger partial charge in [-0.2, -0.15) is 0 Å². The number of hydrogen-bond acceptors (Lipinski definition) is 0. The van der Waals surface area contributed by atoms with E-state index in [2.05, 4.69) is 99.1 Å². The van der Waals surface area contributed by atoms with E-state index in [4.69, 9.17) is 17.0 Å². The maximum atomic E-state index is 4.93. The van der Waals surface area contributed by atoms with Crippen molar-refractivity contribution < 1.29 is 20.8 Å². The number of hydrogen-bond donors (Lipinski definition) is 0. The summed E-state index contributed by atoms with van der Waals surface area (Å²) < 4.78 is 0. The molecule has 4 aromatic carbocycles. The van der Waals surface area contributed by atoms with Crippen molar-refractivity contribution >= 4 is 44.6 Å². The van der Waals surface area contributed by atoms with Gasteiger partial charge >= 0.3 is 37.9 Å². The number of fused-ring (bicyclic) bond motifs is 4. The SMILES string of the molecule is CC(C)CC1=Cc2c(cccc2-c2cc3ccccc3c3ccccc23)[CH]1.[Cl][Zr][Cl]. The third kappa shape index (κ3) is 4.45. The van der Waals surface area contributed by atoms with E-state index in [0.29, 0.717) is 5.92 Å². The Morgan fingerprint density at radius 2 is 1.43 bits per heavy atom. The van der Waals surface area contributed by atoms with Gasteiger partial charge in [0, 0.05) is 6.42 Å². The van der Waals surface area contributed by atoms with Gasteiger partial charge in [0.2, 0.25) is 0 Å². The number of allylic oxidation sites excluding steroid dienone is 1. The second-order valence-electron chi connectivity index (χ2n) is 8.03. The van der Waals surface area contributed by atoms with Crippen molar-refractivity contribution in [1.82, 2.24) is 0 Å². The molecule has 1 aliphatic rings. The molecule has 0 bridgehead atoms. The zero-order chi connectivity index (χ0) is 21.1. The summed E-state index contributed by atoms with van der Waals surface area (Å²) in [5.41, 5.74) is 6.83. The minimum absolute atomic E-state index is 0.673. The van der Waals surface area contributed by atoms with Gasteiger partial charge in [-0.25, -0.2) is 0 Å². The third-order valence-electron chi connectivity index (χ3n) is 5.51. The quantitative estimate of drug-likeness (QED) is 0.242. The second kappa shape index (κ2) is 9.82. The van der Waals surface area contributed by atoms with E-state index in [1.54, 1.807) is 0 Å². The Balaban J connectivity index is 0.000000687. The number of rotatable bonds is 3. The van der Waals surface area contributed by atoms with Gasteiger partial charge in [-0.15, -0.1) is 0 Å². The van der Waals surface area contributed by atoms with Crippen LogP contribution in [0.15, 0.2) is 78.4 Å². The van der Waals surface area contributed by atoms with Gasteiger partial charge < -0.3 is 0 Å². The van der Waals surface area contributed by atoms with Gasteiger partial charge in [0.15, 0.2) is 0 Å². The molecule has 0 unspecified atom stereocenters. The molecule has 0 spiro atoms. The molecule has 1 radical (unpaired) electrons. The molecule has 0 atom stereocenters. The summed E-state index contributed by atoms with van der Waals surface area (Å²) in [6.07, 6.45) is 5.89. The first-order chi connectivity index (χ1) is 14.6. The molecule has 0 amide bonds. The van der Waals surface area contributed by atoms with Gasteiger partial charge in [0.1, 0.15) is 0 Å². The predicted octanol–water partition coefficient (Wildman–Crippen LogP) is 9.03. The van der Waals surface area contributed by atoms with Crippen LogP contribution in [0.2, 0.25) is 0 Å². The topological polar surface area (TPSA) is 0 Å². The predicted molar refractivity (Wildman–Crippen MR) is 129 cm³/mol. The molecular formula is C27H23Cl2Zr. The average Bonchev–Trinajstić information content (AvgIpc) is 3.15. The van der Waals surface area contributed by atoms with Crippen LogP contribution >= 0.6 is 17.0 Å². The molecular weight excluding hydrogens is 486 g/mol. The van der Waals surface area contributed by atoms with Gasteiger partial charge in [-0.05, 0) is 62.2 Å². The van der Waals surface area contributed by atoms with Crippen LogP contribution in [0.4, 0.5) is 0 Å². The first-order valence-electron chi connectivity index (χ1n) is 10.2. The summed E-state index contributed by atoms with van der Waals surface area (Å²) in [4.78, 5) is 0. The zero-order valence-corrected chi connectivity index (χ0v) is 21.1. The molecule has 0 saturated carbocycles. The molecule has 0 N–H and O–H groups in total. The van der Waals surface area contributed by atoms with Crippen LogP contribution in [-0.2, 0) is 20.8 Å². The Labute approximate surface area is 197 Å². The number of benzene rings is 4. The molecule has 1 aliphatic carbocycles. The maximum absolute atomic E-state index is 4.93. The Morgan fingerprint density at radius 3 is 2.17 bits per heavy atom. The first-order valence-corrected chi connectivity index (χ1v) is 16.5. The van der Waals surface area contributed by atoms with Gasteiger partial charge in [-0.1, -0.05) is 92.2 Å². The van der Waals surface area contributed by atoms with E-state index in [9.17, 15) is 0 Å². The van der Waals surface area contributed by atoms with Crippen molar-refractivity contribution in [1.29, 1.82) is 0 Å². The molecule has 0 fully saturated rings. The van der Waals surface area contributed by atoms with Crippen LogP contribution in [0, 0.1) is 12.3 Å². The Hall–Kier alpha value is -1.40. The zero-order valence-electron chi connectivity index (χ0n) is 17.1. The van der Waals surface area contributed by atoms with Gasteiger partial charge in [0.25, 0.3) is 0 Å². The molecule has 149 valence electrons. The van der Waals surface area contributed by atoms with Crippen LogP contribution in [0.5, 0.6) is 0 Å². The van der Waals surface area contributed by atoms with Crippen LogP contribution in [0.25, 0.3) is 38.7 Å². The molecule has 0 aliphatic heterocycles. The van der Waals surface area contributed by atoms with Crippen LogP contribution in [0.1, 0.15) is 31.4 Å². The Kier molecular flexibility index (Phi) is 7.14. The molecule has 5 rings (SSSR count). The van der Waals surface area contributed by atoms with E-state index in [1.165, 1.54) is 49.4 Å². The Morgan fingerprint density at radius 1 is 0.767 bits per heavy atom. The summed E-state index contributed by atoms with van der Waals surface area (Å²) in [5.74, 6) is 0.673. The van der Waals surface area contributed by atoms with E-state index in [1.807, 2.05) is 0 Å². The molecule has 30 heavy (non-hydrogen) atoms. The molecule has 0 heterocycles. The summed E-state index contributed by atoms with van der Waals surface area (Å²) in [6, 6.07) is 26.6. The van der Waals surface area contributed by atoms with Crippen molar-refractivity contribution in [2.24, 2.45) is 5.92 Å². The summed E-state index contributed by atoms with van der Waals surface area (Å²) in [7, 11) is 9.87. The van der Waals surface area contributed by atoms with Crippen molar-refractivity contribution in [3.05, 3.63) is 95.9 Å². The summed E-state index contributed by atoms with van der Waals surface area (Å²) in [6.45, 7) is 4.57. The van der Waals surface area contributed by atoms with Crippen molar-refractivity contribution in [3.8, 4) is 11.1 Å². The minimum atomic E-state index is -0.826. The molecule has 4 aromatic rings. The standard InChI is InChI=1S/C27H23.2ClH.Zr/c1-18(2)14-19-15-20-9-7-13-25(26(20)16-19)27-17-21-8-3-4-10-22(21)23-11-5-6-12-24(23)27;;;/h3-13,15-18H,14H2,1-2H3;2*1H;/q;;;+2/p-2. The van der Waals surface area contributed by atoms with Crippen molar-refractivity contribution in [2.45, 2.75) is 20.3 Å². The third-order valence-corrected chi connectivity index (χ3v) is 5.51. The first kappa shape index (κ1) is 21.8. The average molecular weight is 510 g/mol. The van der Waals surface area contributed by atoms with Gasteiger partial charge in [0.05, 0.1) is 0 Å². The molecule has 0 aromatic heterocycles. The van der Waals surface area contributed by atoms with Crippen molar-refractivity contribution in [3.63, 3.8) is 0 Å². The van der Waals surface area contributed by atoms with Gasteiger partial charge in [-0.3, -0.25) is 0 Å². The summed E-state index contributed by atoms with van der Waals surface area (Å²) >= 11 is -0.826. The second-order valence-corrected chi connectivity index (χ2v) is 11.8. The van der Waals surface area contributed by atoms with Crippen LogP contribution in [0.3, 0.4) is 0 Å². The Bertz CT molecular complexity index is 1220. The van der Waals surface area contributed by atoms with Crippen LogP contribution in [-0.4, -0.2) is 0 Å². The fourth-order valence-electron chi connectivity index (χ4n) is 4.40. The monoisotopic (exact) mass is 507 g/mol. The fraction of sp³-hybridized carbons (Fsp3) is 0.148. The van der Waals surface area contributed by atoms with E-state index >= 15 is 0 Å². The number of halogens is 2. The van der Waals surface area contributed by atoms with E-state index in [-0.39, 0.29) is 0 Å². The normalized spacial score (nSPS) is 12.5. The van der Waals surface area contributed by atoms with Crippen molar-refractivity contribution in [2.75, 3.05) is 0 Å². The molecule has 0 saturated heterocycles. The van der Waals surface area contributed by atoms with Crippen LogP contribution < -0.4 is 0 Å².